The quantitative estimate of drug-likeness (QED) is 0.868. The number of H-pyrrole nitrogens is 1. The lowest BCUT2D eigenvalue weighted by Gasteiger charge is -2.21. The largest absolute Gasteiger partial charge is 0.481 e. The average Bonchev–Trinajstić information content (AvgIpc) is 2.66. The van der Waals surface area contributed by atoms with Crippen LogP contribution in [0.2, 0.25) is 5.02 Å². The van der Waals surface area contributed by atoms with Crippen molar-refractivity contribution in [1.29, 1.82) is 0 Å². The van der Waals surface area contributed by atoms with Crippen LogP contribution in [0, 0.1) is 0 Å². The van der Waals surface area contributed by atoms with E-state index in [0.717, 1.165) is 30.2 Å². The van der Waals surface area contributed by atoms with Crippen LogP contribution in [0.25, 0.3) is 10.9 Å². The summed E-state index contributed by atoms with van der Waals surface area (Å²) in [6.07, 6.45) is 3.21. The van der Waals surface area contributed by atoms with E-state index >= 15 is 0 Å². The molecule has 4 heteroatoms. The molecule has 0 saturated carbocycles. The number of halogens is 1. The lowest BCUT2D eigenvalue weighted by Crippen LogP contribution is -2.12. The lowest BCUT2D eigenvalue weighted by molar-refractivity contribution is -0.137. The summed E-state index contributed by atoms with van der Waals surface area (Å²) in [5.74, 6) is -0.600. The predicted molar refractivity (Wildman–Crippen MR) is 71.2 cm³/mol. The fourth-order valence-electron chi connectivity index (χ4n) is 3.00. The molecule has 0 fully saturated rings. The molecule has 1 aromatic carbocycles. The van der Waals surface area contributed by atoms with Crippen LogP contribution in [0.3, 0.4) is 0 Å². The Labute approximate surface area is 110 Å². The van der Waals surface area contributed by atoms with E-state index in [9.17, 15) is 4.79 Å². The Bertz CT molecular complexity index is 618. The van der Waals surface area contributed by atoms with E-state index in [1.807, 2.05) is 18.2 Å². The molecule has 3 rings (SSSR count). The smallest absolute Gasteiger partial charge is 0.303 e. The molecule has 0 bridgehead atoms. The number of benzene rings is 1. The van der Waals surface area contributed by atoms with Gasteiger partial charge in [0.05, 0.1) is 6.42 Å². The zero-order valence-corrected chi connectivity index (χ0v) is 10.6. The van der Waals surface area contributed by atoms with Gasteiger partial charge in [-0.2, -0.15) is 0 Å². The minimum absolute atomic E-state index is 0.126. The van der Waals surface area contributed by atoms with E-state index in [4.69, 9.17) is 16.7 Å². The molecule has 0 saturated heterocycles. The Balaban J connectivity index is 2.14. The number of aryl methyl sites for hydroxylation is 1. The summed E-state index contributed by atoms with van der Waals surface area (Å²) in [4.78, 5) is 14.3. The maximum atomic E-state index is 11.0. The second-order valence-electron chi connectivity index (χ2n) is 4.89. The van der Waals surface area contributed by atoms with Crippen molar-refractivity contribution in [2.24, 2.45) is 0 Å². The molecule has 2 aromatic rings. The zero-order valence-electron chi connectivity index (χ0n) is 9.87. The first kappa shape index (κ1) is 11.6. The number of hydrogen-bond acceptors (Lipinski definition) is 1. The van der Waals surface area contributed by atoms with Crippen molar-refractivity contribution in [3.8, 4) is 0 Å². The monoisotopic (exact) mass is 263 g/mol. The molecule has 1 unspecified atom stereocenters. The Morgan fingerprint density at radius 2 is 2.33 bits per heavy atom. The van der Waals surface area contributed by atoms with Crippen molar-refractivity contribution in [1.82, 2.24) is 4.98 Å². The number of aliphatic carboxylic acids is 1. The Kier molecular flexibility index (Phi) is 2.78. The molecule has 3 nitrogen and oxygen atoms in total. The minimum atomic E-state index is -0.726. The summed E-state index contributed by atoms with van der Waals surface area (Å²) in [5.41, 5.74) is 3.39. The second-order valence-corrected chi connectivity index (χ2v) is 5.33. The number of carboxylic acids is 1. The average molecular weight is 264 g/mol. The zero-order chi connectivity index (χ0) is 12.7. The lowest BCUT2D eigenvalue weighted by atomic mass is 9.83. The van der Waals surface area contributed by atoms with Crippen molar-refractivity contribution in [2.75, 3.05) is 0 Å². The number of rotatable bonds is 2. The minimum Gasteiger partial charge on any atom is -0.481 e. The van der Waals surface area contributed by atoms with E-state index in [1.54, 1.807) is 0 Å². The van der Waals surface area contributed by atoms with Gasteiger partial charge in [0, 0.05) is 21.6 Å². The van der Waals surface area contributed by atoms with Crippen molar-refractivity contribution in [3.63, 3.8) is 0 Å². The van der Waals surface area contributed by atoms with Crippen LogP contribution in [0.5, 0.6) is 0 Å². The molecule has 1 heterocycles. The maximum absolute atomic E-state index is 11.0. The third kappa shape index (κ3) is 1.89. The van der Waals surface area contributed by atoms with Gasteiger partial charge in [-0.15, -0.1) is 0 Å². The highest BCUT2D eigenvalue weighted by atomic mass is 35.5. The molecule has 0 aliphatic heterocycles. The number of aromatic amines is 1. The molecule has 1 aliphatic rings. The molecular weight excluding hydrogens is 250 g/mol. The van der Waals surface area contributed by atoms with Gasteiger partial charge in [-0.05, 0) is 42.9 Å². The molecule has 1 atom stereocenters. The summed E-state index contributed by atoms with van der Waals surface area (Å²) >= 11 is 5.99. The van der Waals surface area contributed by atoms with E-state index in [1.165, 1.54) is 11.3 Å². The van der Waals surface area contributed by atoms with Crippen LogP contribution >= 0.6 is 11.6 Å². The number of carbonyl (C=O) groups is 1. The summed E-state index contributed by atoms with van der Waals surface area (Å²) in [6, 6.07) is 5.77. The second kappa shape index (κ2) is 4.32. The molecule has 0 spiro atoms. The third-order valence-corrected chi connectivity index (χ3v) is 3.93. The first-order chi connectivity index (χ1) is 8.65. The Morgan fingerprint density at radius 1 is 1.50 bits per heavy atom. The molecule has 94 valence electrons. The van der Waals surface area contributed by atoms with Gasteiger partial charge in [0.15, 0.2) is 0 Å². The fourth-order valence-corrected chi connectivity index (χ4v) is 3.17. The van der Waals surface area contributed by atoms with Crippen LogP contribution < -0.4 is 0 Å². The number of hydrogen-bond donors (Lipinski definition) is 2. The molecule has 0 radical (unpaired) electrons. The third-order valence-electron chi connectivity index (χ3n) is 3.69. The Hall–Kier alpha value is -1.48. The molecule has 0 amide bonds. The van der Waals surface area contributed by atoms with E-state index < -0.39 is 5.97 Å². The van der Waals surface area contributed by atoms with Crippen molar-refractivity contribution < 1.29 is 9.90 Å². The first-order valence-corrected chi connectivity index (χ1v) is 6.54. The number of fused-ring (bicyclic) bond motifs is 3. The molecule has 1 aliphatic carbocycles. The van der Waals surface area contributed by atoms with Gasteiger partial charge in [0.25, 0.3) is 0 Å². The normalized spacial score (nSPS) is 18.8. The predicted octanol–water partition coefficient (Wildman–Crippen LogP) is 3.72. The van der Waals surface area contributed by atoms with Crippen molar-refractivity contribution in [2.45, 2.75) is 31.6 Å². The van der Waals surface area contributed by atoms with Gasteiger partial charge >= 0.3 is 5.97 Å². The summed E-state index contributed by atoms with van der Waals surface area (Å²) < 4.78 is 0. The van der Waals surface area contributed by atoms with Gasteiger partial charge in [-0.25, -0.2) is 0 Å². The topological polar surface area (TPSA) is 53.1 Å². The van der Waals surface area contributed by atoms with Crippen LogP contribution in [0.4, 0.5) is 0 Å². The number of aromatic nitrogens is 1. The first-order valence-electron chi connectivity index (χ1n) is 6.17. The molecule has 2 N–H and O–H groups in total. The van der Waals surface area contributed by atoms with Crippen LogP contribution in [-0.2, 0) is 11.2 Å². The van der Waals surface area contributed by atoms with Crippen LogP contribution in [0.1, 0.15) is 36.4 Å². The van der Waals surface area contributed by atoms with Gasteiger partial charge in [0.1, 0.15) is 0 Å². The van der Waals surface area contributed by atoms with Crippen LogP contribution in [0.15, 0.2) is 18.2 Å². The van der Waals surface area contributed by atoms with E-state index in [0.29, 0.717) is 5.02 Å². The molecule has 1 aromatic heterocycles. The fraction of sp³-hybridized carbons (Fsp3) is 0.357. The van der Waals surface area contributed by atoms with Gasteiger partial charge < -0.3 is 10.1 Å². The highest BCUT2D eigenvalue weighted by molar-refractivity contribution is 6.31. The van der Waals surface area contributed by atoms with Gasteiger partial charge in [-0.3, -0.25) is 4.79 Å². The maximum Gasteiger partial charge on any atom is 0.303 e. The summed E-state index contributed by atoms with van der Waals surface area (Å²) in [5, 5.41) is 10.8. The molecule has 18 heavy (non-hydrogen) atoms. The van der Waals surface area contributed by atoms with Crippen molar-refractivity contribution in [3.05, 3.63) is 34.5 Å². The Morgan fingerprint density at radius 3 is 3.11 bits per heavy atom. The van der Waals surface area contributed by atoms with E-state index in [-0.39, 0.29) is 12.3 Å². The highest BCUT2D eigenvalue weighted by Crippen LogP contribution is 2.39. The van der Waals surface area contributed by atoms with Crippen LogP contribution in [-0.4, -0.2) is 16.1 Å². The highest BCUT2D eigenvalue weighted by Gasteiger charge is 2.26. The van der Waals surface area contributed by atoms with Gasteiger partial charge in [0.2, 0.25) is 0 Å². The summed E-state index contributed by atoms with van der Waals surface area (Å²) in [6.45, 7) is 0. The standard InChI is InChI=1S/C14H14ClNO2/c15-9-4-5-10-12(7-9)16-11-3-1-2-8(14(10)11)6-13(17)18/h4-5,7-8,16H,1-3,6H2,(H,17,18). The molecular formula is C14H14ClNO2. The van der Waals surface area contributed by atoms with Crippen molar-refractivity contribution >= 4 is 28.5 Å². The van der Waals surface area contributed by atoms with E-state index in [2.05, 4.69) is 4.98 Å². The SMILES string of the molecule is O=C(O)CC1CCCc2[nH]c3cc(Cl)ccc3c21. The van der Waals surface area contributed by atoms with Gasteiger partial charge in [-0.1, -0.05) is 17.7 Å². The summed E-state index contributed by atoms with van der Waals surface area (Å²) in [7, 11) is 0. The number of carboxylic acid groups (broad SMARTS) is 1. The number of nitrogens with one attached hydrogen (secondary N) is 1.